The molecule has 7 heteroatoms. The van der Waals surface area contributed by atoms with Crippen molar-refractivity contribution in [3.8, 4) is 0 Å². The summed E-state index contributed by atoms with van der Waals surface area (Å²) in [5.74, 6) is -4.87. The summed E-state index contributed by atoms with van der Waals surface area (Å²) in [4.78, 5) is 23.0. The minimum Gasteiger partial charge on any atom is -0.478 e. The van der Waals surface area contributed by atoms with Crippen LogP contribution >= 0.6 is 0 Å². The van der Waals surface area contributed by atoms with Crippen LogP contribution in [0, 0.1) is 11.6 Å². The Balaban J connectivity index is 2.24. The molecule has 0 atom stereocenters. The van der Waals surface area contributed by atoms with Crippen LogP contribution in [0.5, 0.6) is 0 Å². The summed E-state index contributed by atoms with van der Waals surface area (Å²) in [6.07, 6.45) is 1.78. The van der Waals surface area contributed by atoms with Crippen molar-refractivity contribution in [3.05, 3.63) is 58.9 Å². The fraction of sp³-hybridized carbons (Fsp3) is 0.143. The molecule has 0 radical (unpaired) electrons. The first kappa shape index (κ1) is 14.7. The molecular weight excluding hydrogens is 282 g/mol. The number of nitrogens with zero attached hydrogens (tertiary/aromatic N) is 1. The smallest absolute Gasteiger partial charge is 0.336 e. The van der Waals surface area contributed by atoms with Crippen LogP contribution in [0.4, 0.5) is 8.78 Å². The molecule has 1 heterocycles. The fourth-order valence-corrected chi connectivity index (χ4v) is 1.86. The Kier molecular flexibility index (Phi) is 4.02. The maximum atomic E-state index is 13.2. The molecule has 0 saturated heterocycles. The Morgan fingerprint density at radius 2 is 1.86 bits per heavy atom. The number of aromatic carboxylic acids is 1. The van der Waals surface area contributed by atoms with Gasteiger partial charge in [0.05, 0.1) is 17.7 Å². The van der Waals surface area contributed by atoms with Gasteiger partial charge in [-0.05, 0) is 24.3 Å². The molecule has 0 aliphatic carbocycles. The number of amides is 1. The van der Waals surface area contributed by atoms with Crippen LogP contribution in [0.3, 0.4) is 0 Å². The van der Waals surface area contributed by atoms with Crippen molar-refractivity contribution < 1.29 is 23.5 Å². The van der Waals surface area contributed by atoms with E-state index in [2.05, 4.69) is 5.32 Å². The third-order valence-corrected chi connectivity index (χ3v) is 3.02. The summed E-state index contributed by atoms with van der Waals surface area (Å²) in [7, 11) is 1.78. The summed E-state index contributed by atoms with van der Waals surface area (Å²) in [6.45, 7) is 0.139. The quantitative estimate of drug-likeness (QED) is 0.905. The van der Waals surface area contributed by atoms with E-state index < -0.39 is 34.6 Å². The molecule has 0 bridgehead atoms. The highest BCUT2D eigenvalue weighted by Crippen LogP contribution is 2.15. The Morgan fingerprint density at radius 3 is 2.38 bits per heavy atom. The standard InChI is InChI=1S/C14H12F2N2O3/c1-18-4-2-3-8(18)7-17-13(19)9-5-11(15)12(16)6-10(9)14(20)21/h2-6H,7H2,1H3,(H,17,19)(H,20,21). The molecule has 21 heavy (non-hydrogen) atoms. The zero-order chi connectivity index (χ0) is 15.6. The third kappa shape index (κ3) is 3.07. The second-order valence-electron chi connectivity index (χ2n) is 4.41. The number of hydrogen-bond donors (Lipinski definition) is 2. The molecule has 0 saturated carbocycles. The molecular formula is C14H12F2N2O3. The van der Waals surface area contributed by atoms with E-state index in [1.54, 1.807) is 29.9 Å². The second kappa shape index (κ2) is 5.74. The molecule has 0 aliphatic rings. The second-order valence-corrected chi connectivity index (χ2v) is 4.41. The highest BCUT2D eigenvalue weighted by atomic mass is 19.2. The lowest BCUT2D eigenvalue weighted by Gasteiger charge is -2.09. The molecule has 110 valence electrons. The molecule has 1 aromatic carbocycles. The lowest BCUT2D eigenvalue weighted by Crippen LogP contribution is -2.26. The van der Waals surface area contributed by atoms with Gasteiger partial charge in [0.1, 0.15) is 0 Å². The average molecular weight is 294 g/mol. The van der Waals surface area contributed by atoms with E-state index in [4.69, 9.17) is 5.11 Å². The zero-order valence-corrected chi connectivity index (χ0v) is 11.1. The van der Waals surface area contributed by atoms with Crippen molar-refractivity contribution in [2.24, 2.45) is 7.05 Å². The van der Waals surface area contributed by atoms with Crippen molar-refractivity contribution >= 4 is 11.9 Å². The van der Waals surface area contributed by atoms with E-state index >= 15 is 0 Å². The van der Waals surface area contributed by atoms with Gasteiger partial charge in [0.15, 0.2) is 11.6 Å². The van der Waals surface area contributed by atoms with Gasteiger partial charge in [-0.3, -0.25) is 4.79 Å². The number of hydrogen-bond acceptors (Lipinski definition) is 2. The van der Waals surface area contributed by atoms with Gasteiger partial charge < -0.3 is 15.0 Å². The highest BCUT2D eigenvalue weighted by molar-refractivity contribution is 6.04. The minimum atomic E-state index is -1.50. The van der Waals surface area contributed by atoms with Crippen LogP contribution in [0.2, 0.25) is 0 Å². The maximum absolute atomic E-state index is 13.2. The SMILES string of the molecule is Cn1cccc1CNC(=O)c1cc(F)c(F)cc1C(=O)O. The van der Waals surface area contributed by atoms with Crippen LogP contribution in [0.1, 0.15) is 26.4 Å². The van der Waals surface area contributed by atoms with E-state index in [0.29, 0.717) is 12.1 Å². The van der Waals surface area contributed by atoms with Crippen molar-refractivity contribution in [1.29, 1.82) is 0 Å². The lowest BCUT2D eigenvalue weighted by molar-refractivity contribution is 0.0690. The first-order valence-electron chi connectivity index (χ1n) is 6.01. The van der Waals surface area contributed by atoms with Gasteiger partial charge in [0, 0.05) is 18.9 Å². The van der Waals surface area contributed by atoms with E-state index in [-0.39, 0.29) is 6.54 Å². The number of carboxylic acid groups (broad SMARTS) is 1. The summed E-state index contributed by atoms with van der Waals surface area (Å²) < 4.78 is 28.0. The Bertz CT molecular complexity index is 710. The minimum absolute atomic E-state index is 0.139. The summed E-state index contributed by atoms with van der Waals surface area (Å²) in [6, 6.07) is 4.62. The number of carbonyl (C=O) groups excluding carboxylic acids is 1. The monoisotopic (exact) mass is 294 g/mol. The number of aryl methyl sites for hydroxylation is 1. The van der Waals surface area contributed by atoms with E-state index in [1.165, 1.54) is 0 Å². The van der Waals surface area contributed by atoms with Crippen LogP contribution in [0.25, 0.3) is 0 Å². The van der Waals surface area contributed by atoms with Crippen LogP contribution < -0.4 is 5.32 Å². The Labute approximate surface area is 118 Å². The number of aromatic nitrogens is 1. The number of carbonyl (C=O) groups is 2. The zero-order valence-electron chi connectivity index (χ0n) is 11.1. The summed E-state index contributed by atoms with van der Waals surface area (Å²) in [5, 5.41) is 11.4. The largest absolute Gasteiger partial charge is 0.478 e. The van der Waals surface area contributed by atoms with Crippen molar-refractivity contribution in [2.45, 2.75) is 6.54 Å². The predicted octanol–water partition coefficient (Wildman–Crippen LogP) is 1.93. The molecule has 2 N–H and O–H groups in total. The van der Waals surface area contributed by atoms with Gasteiger partial charge in [0.2, 0.25) is 0 Å². The maximum Gasteiger partial charge on any atom is 0.336 e. The normalized spacial score (nSPS) is 10.4. The predicted molar refractivity (Wildman–Crippen MR) is 69.9 cm³/mol. The van der Waals surface area contributed by atoms with Gasteiger partial charge in [-0.15, -0.1) is 0 Å². The van der Waals surface area contributed by atoms with Gasteiger partial charge in [0.25, 0.3) is 5.91 Å². The van der Waals surface area contributed by atoms with Crippen molar-refractivity contribution in [2.75, 3.05) is 0 Å². The molecule has 0 aliphatic heterocycles. The average Bonchev–Trinajstić information content (AvgIpc) is 2.84. The van der Waals surface area contributed by atoms with E-state index in [0.717, 1.165) is 5.69 Å². The Morgan fingerprint density at radius 1 is 1.24 bits per heavy atom. The highest BCUT2D eigenvalue weighted by Gasteiger charge is 2.20. The van der Waals surface area contributed by atoms with Gasteiger partial charge in [-0.2, -0.15) is 0 Å². The number of nitrogens with one attached hydrogen (secondary N) is 1. The topological polar surface area (TPSA) is 71.3 Å². The van der Waals surface area contributed by atoms with Crippen LogP contribution in [0.15, 0.2) is 30.5 Å². The van der Waals surface area contributed by atoms with E-state index in [9.17, 15) is 18.4 Å². The fourth-order valence-electron chi connectivity index (χ4n) is 1.86. The summed E-state index contributed by atoms with van der Waals surface area (Å²) in [5.41, 5.74) is -0.225. The first-order chi connectivity index (χ1) is 9.90. The number of rotatable bonds is 4. The van der Waals surface area contributed by atoms with Gasteiger partial charge in [-0.25, -0.2) is 13.6 Å². The van der Waals surface area contributed by atoms with Gasteiger partial charge in [-0.1, -0.05) is 0 Å². The molecule has 1 aromatic heterocycles. The molecule has 0 spiro atoms. The number of halogens is 2. The third-order valence-electron chi connectivity index (χ3n) is 3.02. The van der Waals surface area contributed by atoms with Crippen LogP contribution in [-0.4, -0.2) is 21.6 Å². The molecule has 0 unspecified atom stereocenters. The van der Waals surface area contributed by atoms with Crippen molar-refractivity contribution in [3.63, 3.8) is 0 Å². The molecule has 1 amide bonds. The molecule has 2 aromatic rings. The van der Waals surface area contributed by atoms with Gasteiger partial charge >= 0.3 is 5.97 Å². The molecule has 2 rings (SSSR count). The van der Waals surface area contributed by atoms with Crippen molar-refractivity contribution in [1.82, 2.24) is 9.88 Å². The number of carboxylic acids is 1. The van der Waals surface area contributed by atoms with E-state index in [1.807, 2.05) is 0 Å². The molecule has 0 fully saturated rings. The first-order valence-corrected chi connectivity index (χ1v) is 6.01. The Hall–Kier alpha value is -2.70. The summed E-state index contributed by atoms with van der Waals surface area (Å²) >= 11 is 0. The van der Waals surface area contributed by atoms with Crippen LogP contribution in [-0.2, 0) is 13.6 Å². The molecule has 5 nitrogen and oxygen atoms in total. The lowest BCUT2D eigenvalue weighted by atomic mass is 10.1. The number of benzene rings is 1.